The van der Waals surface area contributed by atoms with Gasteiger partial charge < -0.3 is 14.7 Å². The van der Waals surface area contributed by atoms with E-state index >= 15 is 0 Å². The normalized spacial score (nSPS) is 11.5. The maximum absolute atomic E-state index is 5.59. The third kappa shape index (κ3) is 3.33. The molecule has 0 atom stereocenters. The summed E-state index contributed by atoms with van der Waals surface area (Å²) in [5.41, 5.74) is 4.54. The zero-order chi connectivity index (χ0) is 15.6. The van der Waals surface area contributed by atoms with Crippen LogP contribution in [0.2, 0.25) is 0 Å². The lowest BCUT2D eigenvalue weighted by atomic mass is 9.95. The van der Waals surface area contributed by atoms with Gasteiger partial charge in [-0.15, -0.1) is 0 Å². The molecule has 114 valence electrons. The summed E-state index contributed by atoms with van der Waals surface area (Å²) in [6, 6.07) is 1.94. The van der Waals surface area contributed by atoms with Crippen molar-refractivity contribution < 1.29 is 4.42 Å². The van der Waals surface area contributed by atoms with Gasteiger partial charge in [-0.1, -0.05) is 20.8 Å². The van der Waals surface area contributed by atoms with E-state index in [-0.39, 0.29) is 5.41 Å². The zero-order valence-electron chi connectivity index (χ0n) is 13.3. The second kappa shape index (κ2) is 5.73. The van der Waals surface area contributed by atoms with Crippen molar-refractivity contribution in [2.75, 3.05) is 17.4 Å². The summed E-state index contributed by atoms with van der Waals surface area (Å²) in [4.78, 5) is 11.3. The quantitative estimate of drug-likeness (QED) is 0.665. The number of aromatic nitrogens is 2. The molecule has 2 aromatic rings. The first-order valence-electron chi connectivity index (χ1n) is 6.91. The monoisotopic (exact) mass is 289 g/mol. The standard InChI is InChI=1S/C15H23N5O/c1-10-12(19-16)17-14(15(2,3)4)18-13(10)20(5)8-11-6-7-21-9-11/h6-7,9H,8,16H2,1-5H3,(H,17,18,19). The summed E-state index contributed by atoms with van der Waals surface area (Å²) in [5.74, 6) is 7.87. The van der Waals surface area contributed by atoms with Gasteiger partial charge in [-0.25, -0.2) is 15.8 Å². The van der Waals surface area contributed by atoms with Crippen molar-refractivity contribution in [1.29, 1.82) is 0 Å². The van der Waals surface area contributed by atoms with E-state index in [1.807, 2.05) is 20.0 Å². The van der Waals surface area contributed by atoms with Crippen molar-refractivity contribution in [1.82, 2.24) is 9.97 Å². The molecular formula is C15H23N5O. The molecule has 0 unspecified atom stereocenters. The number of nitrogens with two attached hydrogens (primary N) is 1. The first-order valence-corrected chi connectivity index (χ1v) is 6.91. The minimum Gasteiger partial charge on any atom is -0.472 e. The van der Waals surface area contributed by atoms with E-state index in [4.69, 9.17) is 15.2 Å². The largest absolute Gasteiger partial charge is 0.472 e. The highest BCUT2D eigenvalue weighted by atomic mass is 16.3. The van der Waals surface area contributed by atoms with Crippen LogP contribution < -0.4 is 16.2 Å². The minimum absolute atomic E-state index is 0.148. The van der Waals surface area contributed by atoms with E-state index < -0.39 is 0 Å². The van der Waals surface area contributed by atoms with Crippen molar-refractivity contribution in [3.63, 3.8) is 0 Å². The molecule has 0 aliphatic carbocycles. The van der Waals surface area contributed by atoms with Crippen molar-refractivity contribution in [2.45, 2.75) is 39.7 Å². The molecule has 0 bridgehead atoms. The summed E-state index contributed by atoms with van der Waals surface area (Å²) in [5, 5.41) is 0. The molecule has 0 fully saturated rings. The Labute approximate surface area is 125 Å². The van der Waals surface area contributed by atoms with Crippen molar-refractivity contribution >= 4 is 11.6 Å². The molecule has 0 aliphatic heterocycles. The lowest BCUT2D eigenvalue weighted by molar-refractivity contribution is 0.544. The Hall–Kier alpha value is -2.08. The molecule has 0 aliphatic rings. The fourth-order valence-corrected chi connectivity index (χ4v) is 2.08. The predicted octanol–water partition coefficient (Wildman–Crippen LogP) is 2.60. The Morgan fingerprint density at radius 1 is 1.33 bits per heavy atom. The first kappa shape index (κ1) is 15.3. The van der Waals surface area contributed by atoms with Crippen molar-refractivity contribution in [3.8, 4) is 0 Å². The Bertz CT molecular complexity index is 601. The molecule has 0 saturated carbocycles. The van der Waals surface area contributed by atoms with E-state index in [9.17, 15) is 0 Å². The van der Waals surface area contributed by atoms with Gasteiger partial charge in [0.05, 0.1) is 12.5 Å². The number of nitrogens with one attached hydrogen (secondary N) is 1. The van der Waals surface area contributed by atoms with Crippen LogP contribution in [-0.4, -0.2) is 17.0 Å². The Kier molecular flexibility index (Phi) is 4.18. The van der Waals surface area contributed by atoms with Gasteiger partial charge in [-0.3, -0.25) is 0 Å². The molecule has 2 aromatic heterocycles. The fraction of sp³-hybridized carbons (Fsp3) is 0.467. The molecule has 0 saturated heterocycles. The first-order chi connectivity index (χ1) is 9.82. The molecule has 6 nitrogen and oxygen atoms in total. The van der Waals surface area contributed by atoms with E-state index in [1.165, 1.54) is 0 Å². The number of rotatable bonds is 4. The highest BCUT2D eigenvalue weighted by Gasteiger charge is 2.22. The van der Waals surface area contributed by atoms with Crippen LogP contribution in [0.25, 0.3) is 0 Å². The summed E-state index contributed by atoms with van der Waals surface area (Å²) < 4.78 is 5.11. The van der Waals surface area contributed by atoms with Crippen molar-refractivity contribution in [2.24, 2.45) is 5.84 Å². The molecule has 2 heterocycles. The Morgan fingerprint density at radius 2 is 2.05 bits per heavy atom. The lowest BCUT2D eigenvalue weighted by Crippen LogP contribution is -2.25. The van der Waals surface area contributed by atoms with Gasteiger partial charge in [0.25, 0.3) is 0 Å². The highest BCUT2D eigenvalue weighted by molar-refractivity contribution is 5.58. The molecule has 0 spiro atoms. The molecule has 0 amide bonds. The number of hydrazine groups is 1. The molecule has 21 heavy (non-hydrogen) atoms. The van der Waals surface area contributed by atoms with Crippen LogP contribution in [0.15, 0.2) is 23.0 Å². The molecule has 2 rings (SSSR count). The van der Waals surface area contributed by atoms with Crippen molar-refractivity contribution in [3.05, 3.63) is 35.5 Å². The highest BCUT2D eigenvalue weighted by Crippen LogP contribution is 2.28. The van der Waals surface area contributed by atoms with Crippen LogP contribution >= 0.6 is 0 Å². The third-order valence-corrected chi connectivity index (χ3v) is 3.29. The fourth-order valence-electron chi connectivity index (χ4n) is 2.08. The minimum atomic E-state index is -0.148. The van der Waals surface area contributed by atoms with Crippen LogP contribution in [-0.2, 0) is 12.0 Å². The Balaban J connectivity index is 2.41. The maximum Gasteiger partial charge on any atom is 0.148 e. The number of hydrogen-bond acceptors (Lipinski definition) is 6. The van der Waals surface area contributed by atoms with Gasteiger partial charge in [-0.05, 0) is 13.0 Å². The third-order valence-electron chi connectivity index (χ3n) is 3.29. The molecule has 6 heteroatoms. The number of furan rings is 1. The summed E-state index contributed by atoms with van der Waals surface area (Å²) in [6.45, 7) is 8.91. The van der Waals surface area contributed by atoms with Gasteiger partial charge in [0.15, 0.2) is 0 Å². The summed E-state index contributed by atoms with van der Waals surface area (Å²) in [7, 11) is 2.00. The lowest BCUT2D eigenvalue weighted by Gasteiger charge is -2.25. The number of hydrogen-bond donors (Lipinski definition) is 2. The SMILES string of the molecule is Cc1c(NN)nc(C(C)(C)C)nc1N(C)Cc1ccoc1. The molecule has 0 radical (unpaired) electrons. The van der Waals surface area contributed by atoms with Gasteiger partial charge in [0.2, 0.25) is 0 Å². The predicted molar refractivity (Wildman–Crippen MR) is 84.1 cm³/mol. The van der Waals surface area contributed by atoms with Gasteiger partial charge in [-0.2, -0.15) is 0 Å². The van der Waals surface area contributed by atoms with Crippen LogP contribution in [0.4, 0.5) is 11.6 Å². The van der Waals surface area contributed by atoms with E-state index in [2.05, 4.69) is 36.1 Å². The number of nitrogen functional groups attached to an aromatic ring is 1. The van der Waals surface area contributed by atoms with Crippen LogP contribution in [0.5, 0.6) is 0 Å². The Morgan fingerprint density at radius 3 is 2.57 bits per heavy atom. The second-order valence-corrected chi connectivity index (χ2v) is 6.23. The van der Waals surface area contributed by atoms with E-state index in [1.54, 1.807) is 12.5 Å². The molecule has 3 N–H and O–H groups in total. The van der Waals surface area contributed by atoms with Crippen LogP contribution in [0, 0.1) is 6.92 Å². The molecule has 0 aromatic carbocycles. The van der Waals surface area contributed by atoms with Gasteiger partial charge >= 0.3 is 0 Å². The number of anilines is 2. The van der Waals surface area contributed by atoms with Crippen LogP contribution in [0.3, 0.4) is 0 Å². The second-order valence-electron chi connectivity index (χ2n) is 6.23. The van der Waals surface area contributed by atoms with Crippen LogP contribution in [0.1, 0.15) is 37.7 Å². The van der Waals surface area contributed by atoms with E-state index in [0.717, 1.165) is 22.8 Å². The van der Waals surface area contributed by atoms with E-state index in [0.29, 0.717) is 12.4 Å². The average molecular weight is 289 g/mol. The number of nitrogens with zero attached hydrogens (tertiary/aromatic N) is 3. The maximum atomic E-state index is 5.59. The average Bonchev–Trinajstić information content (AvgIpc) is 2.90. The molecular weight excluding hydrogens is 266 g/mol. The smallest absolute Gasteiger partial charge is 0.148 e. The summed E-state index contributed by atoms with van der Waals surface area (Å²) >= 11 is 0. The van der Waals surface area contributed by atoms with Gasteiger partial charge in [0.1, 0.15) is 17.5 Å². The van der Waals surface area contributed by atoms with Gasteiger partial charge in [0, 0.05) is 30.1 Å². The zero-order valence-corrected chi connectivity index (χ0v) is 13.3. The summed E-state index contributed by atoms with van der Waals surface area (Å²) in [6.07, 6.45) is 3.41. The topological polar surface area (TPSA) is 80.2 Å².